The van der Waals surface area contributed by atoms with Crippen molar-refractivity contribution in [3.8, 4) is 11.4 Å². The molecule has 2 aromatic heterocycles. The highest BCUT2D eigenvalue weighted by atomic mass is 35.5. The predicted octanol–water partition coefficient (Wildman–Crippen LogP) is 3.10. The van der Waals surface area contributed by atoms with Gasteiger partial charge in [0.1, 0.15) is 17.4 Å². The maximum atomic E-state index is 13.0. The van der Waals surface area contributed by atoms with Gasteiger partial charge in [0.2, 0.25) is 5.91 Å². The summed E-state index contributed by atoms with van der Waals surface area (Å²) in [4.78, 5) is 36.7. The number of amides is 2. The molecular formula is C22H18ClN5O2. The summed E-state index contributed by atoms with van der Waals surface area (Å²) >= 11 is 6.18. The zero-order valence-electron chi connectivity index (χ0n) is 15.8. The Hall–Kier alpha value is -3.71. The monoisotopic (exact) mass is 419 g/mol. The zero-order chi connectivity index (χ0) is 21.1. The highest BCUT2D eigenvalue weighted by molar-refractivity contribution is 6.31. The number of hydrogen-bond acceptors (Lipinski definition) is 4. The van der Waals surface area contributed by atoms with Gasteiger partial charge in [-0.05, 0) is 35.9 Å². The molecule has 150 valence electrons. The Bertz CT molecular complexity index is 1220. The first-order valence-corrected chi connectivity index (χ1v) is 9.63. The van der Waals surface area contributed by atoms with E-state index < -0.39 is 17.9 Å². The van der Waals surface area contributed by atoms with Gasteiger partial charge >= 0.3 is 0 Å². The van der Waals surface area contributed by atoms with Gasteiger partial charge in [-0.15, -0.1) is 0 Å². The number of nitrogens with one attached hydrogen (secondary N) is 2. The summed E-state index contributed by atoms with van der Waals surface area (Å²) in [5.41, 5.74) is 8.65. The lowest BCUT2D eigenvalue weighted by atomic mass is 10.0. The molecule has 0 aliphatic rings. The first-order valence-electron chi connectivity index (χ1n) is 9.25. The van der Waals surface area contributed by atoms with Crippen molar-refractivity contribution in [3.05, 3.63) is 83.1 Å². The Morgan fingerprint density at radius 3 is 2.57 bits per heavy atom. The van der Waals surface area contributed by atoms with Crippen molar-refractivity contribution in [2.24, 2.45) is 5.73 Å². The third kappa shape index (κ3) is 4.01. The van der Waals surface area contributed by atoms with E-state index in [0.717, 1.165) is 11.1 Å². The van der Waals surface area contributed by atoms with Crippen LogP contribution in [0.25, 0.3) is 22.4 Å². The number of imidazole rings is 1. The highest BCUT2D eigenvalue weighted by Crippen LogP contribution is 2.23. The smallest absolute Gasteiger partial charge is 0.254 e. The minimum atomic E-state index is -0.911. The van der Waals surface area contributed by atoms with Gasteiger partial charge in [-0.3, -0.25) is 14.6 Å². The first kappa shape index (κ1) is 19.6. The lowest BCUT2D eigenvalue weighted by Gasteiger charge is -2.16. The molecule has 0 unspecified atom stereocenters. The number of hydrogen-bond donors (Lipinski definition) is 3. The summed E-state index contributed by atoms with van der Waals surface area (Å²) in [5.74, 6) is -0.464. The lowest BCUT2D eigenvalue weighted by Crippen LogP contribution is -2.46. The summed E-state index contributed by atoms with van der Waals surface area (Å²) in [5, 5.41) is 3.22. The van der Waals surface area contributed by atoms with Crippen molar-refractivity contribution in [1.29, 1.82) is 0 Å². The number of benzene rings is 2. The Morgan fingerprint density at radius 1 is 1.07 bits per heavy atom. The van der Waals surface area contributed by atoms with E-state index in [1.807, 2.05) is 24.3 Å². The Labute approximate surface area is 177 Å². The van der Waals surface area contributed by atoms with E-state index in [1.54, 1.807) is 42.7 Å². The van der Waals surface area contributed by atoms with Crippen LogP contribution in [0.3, 0.4) is 0 Å². The summed E-state index contributed by atoms with van der Waals surface area (Å²) in [6, 6.07) is 15.1. The van der Waals surface area contributed by atoms with Crippen LogP contribution in [0.2, 0.25) is 5.02 Å². The number of aromatic amines is 1. The normalized spacial score (nSPS) is 11.9. The zero-order valence-corrected chi connectivity index (χ0v) is 16.6. The maximum Gasteiger partial charge on any atom is 0.254 e. The van der Waals surface area contributed by atoms with Crippen molar-refractivity contribution in [3.63, 3.8) is 0 Å². The van der Waals surface area contributed by atoms with Crippen molar-refractivity contribution < 1.29 is 9.59 Å². The van der Waals surface area contributed by atoms with Gasteiger partial charge in [0, 0.05) is 29.4 Å². The fourth-order valence-corrected chi connectivity index (χ4v) is 3.42. The first-order chi connectivity index (χ1) is 14.5. The van der Waals surface area contributed by atoms with Gasteiger partial charge in [0.05, 0.1) is 11.1 Å². The number of pyridine rings is 1. The summed E-state index contributed by atoms with van der Waals surface area (Å²) in [6.45, 7) is 0. The van der Waals surface area contributed by atoms with Gasteiger partial charge in [-0.1, -0.05) is 35.9 Å². The molecule has 0 radical (unpaired) electrons. The summed E-state index contributed by atoms with van der Waals surface area (Å²) in [6.07, 6.45) is 3.53. The quantitative estimate of drug-likeness (QED) is 0.445. The summed E-state index contributed by atoms with van der Waals surface area (Å²) < 4.78 is 0. The molecule has 0 fully saturated rings. The second kappa shape index (κ2) is 8.34. The minimum absolute atomic E-state index is 0.194. The van der Waals surface area contributed by atoms with Crippen molar-refractivity contribution in [2.75, 3.05) is 0 Å². The van der Waals surface area contributed by atoms with Gasteiger partial charge in [0.15, 0.2) is 0 Å². The van der Waals surface area contributed by atoms with E-state index in [4.69, 9.17) is 17.3 Å². The van der Waals surface area contributed by atoms with Gasteiger partial charge in [-0.2, -0.15) is 0 Å². The molecule has 8 heteroatoms. The van der Waals surface area contributed by atoms with Crippen LogP contribution in [-0.4, -0.2) is 32.8 Å². The molecule has 0 saturated carbocycles. The van der Waals surface area contributed by atoms with Crippen LogP contribution < -0.4 is 11.1 Å². The van der Waals surface area contributed by atoms with E-state index in [1.165, 1.54) is 0 Å². The van der Waals surface area contributed by atoms with Crippen molar-refractivity contribution in [1.82, 2.24) is 20.3 Å². The molecule has 0 aliphatic carbocycles. The molecule has 0 aliphatic heterocycles. The SMILES string of the molecule is NC(=O)[C@H](Cc1ccccc1Cl)NC(=O)c1cccc2[nH]c(-c3ccncc3)nc12. The largest absolute Gasteiger partial charge is 0.368 e. The van der Waals surface area contributed by atoms with E-state index in [-0.39, 0.29) is 6.42 Å². The molecule has 4 N–H and O–H groups in total. The molecule has 30 heavy (non-hydrogen) atoms. The average molecular weight is 420 g/mol. The molecule has 2 aromatic carbocycles. The molecular weight excluding hydrogens is 402 g/mol. The fourth-order valence-electron chi connectivity index (χ4n) is 3.20. The minimum Gasteiger partial charge on any atom is -0.368 e. The number of nitrogens with zero attached hydrogens (tertiary/aromatic N) is 2. The van der Waals surface area contributed by atoms with E-state index in [0.29, 0.717) is 27.4 Å². The number of primary amides is 1. The molecule has 2 amide bonds. The molecule has 0 saturated heterocycles. The molecule has 4 rings (SSSR count). The molecule has 2 heterocycles. The molecule has 0 bridgehead atoms. The van der Waals surface area contributed by atoms with E-state index in [2.05, 4.69) is 20.3 Å². The third-order valence-electron chi connectivity index (χ3n) is 4.74. The number of nitrogens with two attached hydrogens (primary N) is 1. The Kier molecular flexibility index (Phi) is 5.45. The fraction of sp³-hybridized carbons (Fsp3) is 0.0909. The van der Waals surface area contributed by atoms with Gasteiger partial charge in [0.25, 0.3) is 5.91 Å². The van der Waals surface area contributed by atoms with Gasteiger partial charge in [-0.25, -0.2) is 4.98 Å². The molecule has 1 atom stereocenters. The number of H-pyrrole nitrogens is 1. The van der Waals surface area contributed by atoms with Gasteiger partial charge < -0.3 is 16.0 Å². The maximum absolute atomic E-state index is 13.0. The molecule has 0 spiro atoms. The standard InChI is InChI=1S/C22H18ClN5O2/c23-16-6-2-1-4-14(16)12-18(20(24)29)27-22(30)15-5-3-7-17-19(15)28-21(26-17)13-8-10-25-11-9-13/h1-11,18H,12H2,(H2,24,29)(H,26,28)(H,27,30)/t18-/m0/s1. The number of halogens is 1. The molecule has 4 aromatic rings. The topological polar surface area (TPSA) is 114 Å². The van der Waals surface area contributed by atoms with Crippen molar-refractivity contribution in [2.45, 2.75) is 12.5 Å². The van der Waals surface area contributed by atoms with Crippen LogP contribution >= 0.6 is 11.6 Å². The number of carbonyl (C=O) groups excluding carboxylic acids is 2. The number of rotatable bonds is 6. The number of aromatic nitrogens is 3. The Morgan fingerprint density at radius 2 is 1.83 bits per heavy atom. The Balaban J connectivity index is 1.62. The van der Waals surface area contributed by atoms with E-state index >= 15 is 0 Å². The van der Waals surface area contributed by atoms with Crippen molar-refractivity contribution >= 4 is 34.4 Å². The van der Waals surface area contributed by atoms with Crippen LogP contribution in [0, 0.1) is 0 Å². The van der Waals surface area contributed by atoms with E-state index in [9.17, 15) is 9.59 Å². The lowest BCUT2D eigenvalue weighted by molar-refractivity contribution is -0.119. The summed E-state index contributed by atoms with van der Waals surface area (Å²) in [7, 11) is 0. The number of carbonyl (C=O) groups is 2. The van der Waals surface area contributed by atoms with Crippen LogP contribution in [-0.2, 0) is 11.2 Å². The average Bonchev–Trinajstić information content (AvgIpc) is 3.19. The van der Waals surface area contributed by atoms with Crippen LogP contribution in [0.1, 0.15) is 15.9 Å². The predicted molar refractivity (Wildman–Crippen MR) is 115 cm³/mol. The number of para-hydroxylation sites is 1. The second-order valence-corrected chi connectivity index (χ2v) is 7.15. The van der Waals surface area contributed by atoms with Crippen LogP contribution in [0.4, 0.5) is 0 Å². The van der Waals surface area contributed by atoms with Crippen LogP contribution in [0.15, 0.2) is 67.0 Å². The highest BCUT2D eigenvalue weighted by Gasteiger charge is 2.22. The second-order valence-electron chi connectivity index (χ2n) is 6.75. The third-order valence-corrected chi connectivity index (χ3v) is 5.11. The molecule has 7 nitrogen and oxygen atoms in total. The van der Waals surface area contributed by atoms with Crippen LogP contribution in [0.5, 0.6) is 0 Å². The number of fused-ring (bicyclic) bond motifs is 1.